The summed E-state index contributed by atoms with van der Waals surface area (Å²) < 4.78 is 12.9. The maximum atomic E-state index is 12.9. The fraction of sp³-hybridized carbons (Fsp3) is 0. The van der Waals surface area contributed by atoms with Crippen molar-refractivity contribution in [3.05, 3.63) is 66.7 Å². The van der Waals surface area contributed by atoms with E-state index in [2.05, 4.69) is 9.97 Å². The maximum absolute atomic E-state index is 12.9. The first kappa shape index (κ1) is 12.3. The van der Waals surface area contributed by atoms with Gasteiger partial charge in [0.2, 0.25) is 0 Å². The van der Waals surface area contributed by atoms with Crippen molar-refractivity contribution < 1.29 is 9.50 Å². The summed E-state index contributed by atoms with van der Waals surface area (Å²) in [5, 5.41) is 9.29. The van der Waals surface area contributed by atoms with Gasteiger partial charge in [0, 0.05) is 11.1 Å². The Labute approximate surface area is 115 Å². The highest BCUT2D eigenvalue weighted by Gasteiger charge is 2.04. The van der Waals surface area contributed by atoms with Crippen LogP contribution in [0.15, 0.2) is 60.9 Å². The van der Waals surface area contributed by atoms with Crippen LogP contribution in [0.1, 0.15) is 0 Å². The highest BCUT2D eigenvalue weighted by Crippen LogP contribution is 2.23. The third-order valence-electron chi connectivity index (χ3n) is 2.94. The van der Waals surface area contributed by atoms with E-state index >= 15 is 0 Å². The molecule has 2 aromatic carbocycles. The minimum atomic E-state index is -0.281. The largest absolute Gasteiger partial charge is 0.508 e. The Kier molecular flexibility index (Phi) is 3.13. The molecule has 3 aromatic rings. The normalized spacial score (nSPS) is 10.4. The van der Waals surface area contributed by atoms with Crippen LogP contribution in [0.4, 0.5) is 4.39 Å². The van der Waals surface area contributed by atoms with Crippen LogP contribution in [0.25, 0.3) is 22.5 Å². The Morgan fingerprint density at radius 3 is 1.80 bits per heavy atom. The van der Waals surface area contributed by atoms with Crippen LogP contribution in [0.3, 0.4) is 0 Å². The zero-order chi connectivity index (χ0) is 13.9. The van der Waals surface area contributed by atoms with Crippen molar-refractivity contribution in [2.45, 2.75) is 0 Å². The summed E-state index contributed by atoms with van der Waals surface area (Å²) in [6.07, 6.45) is 3.29. The molecular formula is C16H11FN2O. The fourth-order valence-electron chi connectivity index (χ4n) is 1.90. The summed E-state index contributed by atoms with van der Waals surface area (Å²) in [6.45, 7) is 0. The van der Waals surface area contributed by atoms with Gasteiger partial charge in [-0.2, -0.15) is 0 Å². The summed E-state index contributed by atoms with van der Waals surface area (Å²) >= 11 is 0. The van der Waals surface area contributed by atoms with E-state index in [4.69, 9.17) is 0 Å². The van der Waals surface area contributed by atoms with E-state index in [1.807, 2.05) is 0 Å². The van der Waals surface area contributed by atoms with Crippen LogP contribution in [0, 0.1) is 5.82 Å². The highest BCUT2D eigenvalue weighted by atomic mass is 19.1. The molecule has 1 aromatic heterocycles. The predicted octanol–water partition coefficient (Wildman–Crippen LogP) is 3.66. The first-order valence-corrected chi connectivity index (χ1v) is 6.10. The Hall–Kier alpha value is -2.75. The van der Waals surface area contributed by atoms with Crippen molar-refractivity contribution in [1.82, 2.24) is 9.97 Å². The lowest BCUT2D eigenvalue weighted by Gasteiger charge is -2.04. The minimum Gasteiger partial charge on any atom is -0.508 e. The SMILES string of the molecule is Oc1ccc(-c2cncc(-c3ccc(F)cc3)n2)cc1. The molecule has 0 amide bonds. The molecule has 0 atom stereocenters. The quantitative estimate of drug-likeness (QED) is 0.770. The van der Waals surface area contributed by atoms with Gasteiger partial charge < -0.3 is 5.11 Å². The number of hydrogen-bond acceptors (Lipinski definition) is 3. The Balaban J connectivity index is 2.01. The predicted molar refractivity (Wildman–Crippen MR) is 74.5 cm³/mol. The first-order chi connectivity index (χ1) is 9.72. The number of aromatic hydroxyl groups is 1. The van der Waals surface area contributed by atoms with Crippen LogP contribution >= 0.6 is 0 Å². The zero-order valence-corrected chi connectivity index (χ0v) is 10.5. The molecule has 98 valence electrons. The molecule has 1 N–H and O–H groups in total. The molecule has 3 rings (SSSR count). The number of hydrogen-bond donors (Lipinski definition) is 1. The van der Waals surface area contributed by atoms with Crippen molar-refractivity contribution in [3.8, 4) is 28.3 Å². The lowest BCUT2D eigenvalue weighted by atomic mass is 10.1. The van der Waals surface area contributed by atoms with Gasteiger partial charge in [-0.1, -0.05) is 0 Å². The Morgan fingerprint density at radius 1 is 0.750 bits per heavy atom. The number of benzene rings is 2. The third-order valence-corrected chi connectivity index (χ3v) is 2.94. The number of rotatable bonds is 2. The average Bonchev–Trinajstić information content (AvgIpc) is 2.49. The van der Waals surface area contributed by atoms with Gasteiger partial charge in [0.05, 0.1) is 23.8 Å². The van der Waals surface area contributed by atoms with E-state index in [0.29, 0.717) is 11.4 Å². The summed E-state index contributed by atoms with van der Waals surface area (Å²) in [4.78, 5) is 8.67. The van der Waals surface area contributed by atoms with E-state index in [-0.39, 0.29) is 11.6 Å². The van der Waals surface area contributed by atoms with Crippen molar-refractivity contribution in [3.63, 3.8) is 0 Å². The lowest BCUT2D eigenvalue weighted by molar-refractivity contribution is 0.475. The Bertz CT molecular complexity index is 663. The summed E-state index contributed by atoms with van der Waals surface area (Å²) in [5.41, 5.74) is 3.04. The molecule has 1 heterocycles. The number of halogens is 1. The van der Waals surface area contributed by atoms with Crippen LogP contribution < -0.4 is 0 Å². The second-order valence-electron chi connectivity index (χ2n) is 4.34. The average molecular weight is 266 g/mol. The van der Waals surface area contributed by atoms with E-state index in [9.17, 15) is 9.50 Å². The summed E-state index contributed by atoms with van der Waals surface area (Å²) in [7, 11) is 0. The molecule has 0 aliphatic carbocycles. The van der Waals surface area contributed by atoms with E-state index in [1.54, 1.807) is 48.8 Å². The molecular weight excluding hydrogens is 255 g/mol. The van der Waals surface area contributed by atoms with E-state index in [0.717, 1.165) is 11.1 Å². The molecule has 0 saturated heterocycles. The van der Waals surface area contributed by atoms with Gasteiger partial charge in [-0.25, -0.2) is 9.37 Å². The second-order valence-corrected chi connectivity index (χ2v) is 4.34. The van der Waals surface area contributed by atoms with Gasteiger partial charge in [0.15, 0.2) is 0 Å². The number of aromatic nitrogens is 2. The van der Waals surface area contributed by atoms with Gasteiger partial charge in [-0.15, -0.1) is 0 Å². The molecule has 4 heteroatoms. The van der Waals surface area contributed by atoms with Gasteiger partial charge in [0.25, 0.3) is 0 Å². The fourth-order valence-corrected chi connectivity index (χ4v) is 1.90. The number of phenols is 1. The molecule has 20 heavy (non-hydrogen) atoms. The van der Waals surface area contributed by atoms with Crippen LogP contribution in [-0.4, -0.2) is 15.1 Å². The first-order valence-electron chi connectivity index (χ1n) is 6.10. The van der Waals surface area contributed by atoms with Crippen LogP contribution in [-0.2, 0) is 0 Å². The van der Waals surface area contributed by atoms with Gasteiger partial charge in [-0.3, -0.25) is 4.98 Å². The highest BCUT2D eigenvalue weighted by molar-refractivity contribution is 5.64. The number of phenolic OH excluding ortho intramolecular Hbond substituents is 1. The topological polar surface area (TPSA) is 46.0 Å². The monoisotopic (exact) mass is 266 g/mol. The van der Waals surface area contributed by atoms with Crippen LogP contribution in [0.5, 0.6) is 5.75 Å². The molecule has 0 radical (unpaired) electrons. The molecule has 0 unspecified atom stereocenters. The van der Waals surface area contributed by atoms with Crippen LogP contribution in [0.2, 0.25) is 0 Å². The Morgan fingerprint density at radius 2 is 1.25 bits per heavy atom. The molecule has 0 spiro atoms. The van der Waals surface area contributed by atoms with Crippen molar-refractivity contribution in [1.29, 1.82) is 0 Å². The summed E-state index contributed by atoms with van der Waals surface area (Å²) in [5.74, 6) is -0.0761. The van der Waals surface area contributed by atoms with Gasteiger partial charge >= 0.3 is 0 Å². The molecule has 0 aliphatic rings. The minimum absolute atomic E-state index is 0.205. The van der Waals surface area contributed by atoms with Crippen molar-refractivity contribution >= 4 is 0 Å². The smallest absolute Gasteiger partial charge is 0.123 e. The van der Waals surface area contributed by atoms with Crippen molar-refractivity contribution in [2.24, 2.45) is 0 Å². The van der Waals surface area contributed by atoms with Gasteiger partial charge in [0.1, 0.15) is 11.6 Å². The number of nitrogens with zero attached hydrogens (tertiary/aromatic N) is 2. The standard InChI is InChI=1S/C16H11FN2O/c17-13-5-1-11(2-6-13)15-9-18-10-16(19-15)12-3-7-14(20)8-4-12/h1-10,20H. The molecule has 0 saturated carbocycles. The van der Waals surface area contributed by atoms with Crippen molar-refractivity contribution in [2.75, 3.05) is 0 Å². The molecule has 0 aliphatic heterocycles. The molecule has 0 fully saturated rings. The van der Waals surface area contributed by atoms with E-state index in [1.165, 1.54) is 12.1 Å². The second kappa shape index (κ2) is 5.09. The van der Waals surface area contributed by atoms with Gasteiger partial charge in [-0.05, 0) is 48.5 Å². The summed E-state index contributed by atoms with van der Waals surface area (Å²) in [6, 6.07) is 12.9. The molecule has 3 nitrogen and oxygen atoms in total. The zero-order valence-electron chi connectivity index (χ0n) is 10.5. The maximum Gasteiger partial charge on any atom is 0.123 e. The van der Waals surface area contributed by atoms with E-state index < -0.39 is 0 Å². The molecule has 0 bridgehead atoms. The third kappa shape index (κ3) is 2.49. The lowest BCUT2D eigenvalue weighted by Crippen LogP contribution is -1.90.